The van der Waals surface area contributed by atoms with Gasteiger partial charge in [0.15, 0.2) is 0 Å². The summed E-state index contributed by atoms with van der Waals surface area (Å²) in [5, 5.41) is 8.86. The lowest BCUT2D eigenvalue weighted by molar-refractivity contribution is 0.479. The number of nitrogens with zero attached hydrogens (tertiary/aromatic N) is 1. The summed E-state index contributed by atoms with van der Waals surface area (Å²) in [4.78, 5) is 0.235. The van der Waals surface area contributed by atoms with Crippen molar-refractivity contribution < 1.29 is 8.42 Å². The maximum Gasteiger partial charge on any atom is 0.240 e. The van der Waals surface area contributed by atoms with E-state index in [4.69, 9.17) is 5.26 Å². The predicted molar refractivity (Wildman–Crippen MR) is 70.5 cm³/mol. The lowest BCUT2D eigenvalue weighted by atomic mass is 9.97. The molecule has 5 heteroatoms. The van der Waals surface area contributed by atoms with Gasteiger partial charge in [0.25, 0.3) is 0 Å². The fourth-order valence-corrected chi connectivity index (χ4v) is 2.58. The molecular weight excluding hydrogens is 248 g/mol. The fraction of sp³-hybridized carbons (Fsp3) is 0.462. The van der Waals surface area contributed by atoms with Gasteiger partial charge in [-0.15, -0.1) is 0 Å². The van der Waals surface area contributed by atoms with Crippen LogP contribution in [0, 0.1) is 30.6 Å². The first-order valence-electron chi connectivity index (χ1n) is 5.66. The Kier molecular flexibility index (Phi) is 4.15. The summed E-state index contributed by atoms with van der Waals surface area (Å²) < 4.78 is 26.5. The minimum absolute atomic E-state index is 0.0960. The van der Waals surface area contributed by atoms with Gasteiger partial charge >= 0.3 is 0 Å². The van der Waals surface area contributed by atoms with Gasteiger partial charge in [0, 0.05) is 6.54 Å². The van der Waals surface area contributed by atoms with Crippen molar-refractivity contribution >= 4 is 10.0 Å². The van der Waals surface area contributed by atoms with Crippen molar-refractivity contribution in [1.82, 2.24) is 4.72 Å². The first-order valence-corrected chi connectivity index (χ1v) is 7.14. The Labute approximate surface area is 109 Å². The highest BCUT2D eigenvalue weighted by atomic mass is 32.2. The molecule has 0 aromatic heterocycles. The largest absolute Gasteiger partial charge is 0.240 e. The SMILES string of the molecule is Cc1ccc(S(=O)(=O)NCC(C)(C)C#N)cc1C. The fourth-order valence-electron chi connectivity index (χ4n) is 1.28. The summed E-state index contributed by atoms with van der Waals surface area (Å²) in [6.45, 7) is 7.27. The summed E-state index contributed by atoms with van der Waals surface area (Å²) in [6, 6.07) is 7.05. The second kappa shape index (κ2) is 5.09. The van der Waals surface area contributed by atoms with Gasteiger partial charge < -0.3 is 0 Å². The number of rotatable bonds is 4. The quantitative estimate of drug-likeness (QED) is 0.907. The van der Waals surface area contributed by atoms with E-state index in [2.05, 4.69) is 10.8 Å². The number of aryl methyl sites for hydroxylation is 2. The van der Waals surface area contributed by atoms with E-state index in [-0.39, 0.29) is 11.4 Å². The molecule has 1 rings (SSSR count). The van der Waals surface area contributed by atoms with Gasteiger partial charge in [0.2, 0.25) is 10.0 Å². The number of sulfonamides is 1. The average molecular weight is 266 g/mol. The van der Waals surface area contributed by atoms with E-state index < -0.39 is 15.4 Å². The topological polar surface area (TPSA) is 70.0 Å². The third kappa shape index (κ3) is 3.56. The number of nitrogens with one attached hydrogen (secondary N) is 1. The third-order valence-corrected chi connectivity index (χ3v) is 4.19. The molecule has 0 radical (unpaired) electrons. The lowest BCUT2D eigenvalue weighted by Gasteiger charge is -2.16. The van der Waals surface area contributed by atoms with E-state index in [0.29, 0.717) is 0 Å². The minimum Gasteiger partial charge on any atom is -0.210 e. The second-order valence-corrected chi connectivity index (χ2v) is 6.83. The van der Waals surface area contributed by atoms with E-state index in [1.165, 1.54) is 0 Å². The first-order chi connectivity index (χ1) is 8.18. The molecule has 4 nitrogen and oxygen atoms in total. The Morgan fingerprint density at radius 3 is 2.39 bits per heavy atom. The van der Waals surface area contributed by atoms with Crippen LogP contribution in [-0.2, 0) is 10.0 Å². The molecule has 0 bridgehead atoms. The van der Waals surface area contributed by atoms with Crippen LogP contribution >= 0.6 is 0 Å². The Balaban J connectivity index is 2.94. The molecule has 0 aliphatic heterocycles. The van der Waals surface area contributed by atoms with Gasteiger partial charge in [-0.2, -0.15) is 5.26 Å². The van der Waals surface area contributed by atoms with Crippen LogP contribution in [0.1, 0.15) is 25.0 Å². The number of hydrogen-bond acceptors (Lipinski definition) is 3. The molecule has 0 amide bonds. The highest BCUT2D eigenvalue weighted by Crippen LogP contribution is 2.16. The minimum atomic E-state index is -3.54. The molecule has 0 aliphatic carbocycles. The van der Waals surface area contributed by atoms with Crippen LogP contribution in [-0.4, -0.2) is 15.0 Å². The first kappa shape index (κ1) is 14.7. The van der Waals surface area contributed by atoms with Gasteiger partial charge in [-0.25, -0.2) is 13.1 Å². The highest BCUT2D eigenvalue weighted by molar-refractivity contribution is 7.89. The van der Waals surface area contributed by atoms with E-state index in [1.807, 2.05) is 13.8 Å². The van der Waals surface area contributed by atoms with Crippen LogP contribution in [0.4, 0.5) is 0 Å². The zero-order valence-corrected chi connectivity index (χ0v) is 11.9. The zero-order valence-electron chi connectivity index (χ0n) is 11.1. The molecule has 18 heavy (non-hydrogen) atoms. The number of nitriles is 1. The summed E-state index contributed by atoms with van der Waals surface area (Å²) in [5.41, 5.74) is 1.26. The van der Waals surface area contributed by atoms with E-state index in [0.717, 1.165) is 11.1 Å². The monoisotopic (exact) mass is 266 g/mol. The summed E-state index contributed by atoms with van der Waals surface area (Å²) in [7, 11) is -3.54. The smallest absolute Gasteiger partial charge is 0.210 e. The molecule has 1 N–H and O–H groups in total. The van der Waals surface area contributed by atoms with Gasteiger partial charge in [-0.05, 0) is 51.0 Å². The molecule has 0 fully saturated rings. The van der Waals surface area contributed by atoms with Crippen LogP contribution in [0.2, 0.25) is 0 Å². The van der Waals surface area contributed by atoms with Crippen LogP contribution in [0.15, 0.2) is 23.1 Å². The van der Waals surface area contributed by atoms with Gasteiger partial charge in [-0.3, -0.25) is 0 Å². The van der Waals surface area contributed by atoms with Gasteiger partial charge in [0.05, 0.1) is 16.4 Å². The molecule has 1 aromatic carbocycles. The number of benzene rings is 1. The van der Waals surface area contributed by atoms with Crippen molar-refractivity contribution in [3.63, 3.8) is 0 Å². The predicted octanol–water partition coefficient (Wildman–Crippen LogP) is 2.13. The molecule has 0 unspecified atom stereocenters. The lowest BCUT2D eigenvalue weighted by Crippen LogP contribution is -2.33. The van der Waals surface area contributed by atoms with Gasteiger partial charge in [-0.1, -0.05) is 6.07 Å². The average Bonchev–Trinajstić information content (AvgIpc) is 2.30. The maximum absolute atomic E-state index is 12.0. The van der Waals surface area contributed by atoms with Crippen molar-refractivity contribution in [3.05, 3.63) is 29.3 Å². The Bertz CT molecular complexity index is 583. The van der Waals surface area contributed by atoms with Gasteiger partial charge in [0.1, 0.15) is 0 Å². The number of hydrogen-bond donors (Lipinski definition) is 1. The molecule has 1 aromatic rings. The Morgan fingerprint density at radius 1 is 1.28 bits per heavy atom. The van der Waals surface area contributed by atoms with Crippen LogP contribution in [0.25, 0.3) is 0 Å². The Morgan fingerprint density at radius 2 is 1.89 bits per heavy atom. The summed E-state index contributed by atoms with van der Waals surface area (Å²) in [6.07, 6.45) is 0. The Hall–Kier alpha value is -1.38. The molecule has 0 atom stereocenters. The van der Waals surface area contributed by atoms with Crippen molar-refractivity contribution in [3.8, 4) is 6.07 Å². The van der Waals surface area contributed by atoms with Crippen LogP contribution < -0.4 is 4.72 Å². The molecule has 0 aliphatic rings. The van der Waals surface area contributed by atoms with Crippen molar-refractivity contribution in [1.29, 1.82) is 5.26 Å². The molecule has 0 spiro atoms. The third-order valence-electron chi connectivity index (χ3n) is 2.80. The molecule has 0 saturated heterocycles. The van der Waals surface area contributed by atoms with E-state index in [9.17, 15) is 8.42 Å². The molecule has 0 saturated carbocycles. The standard InChI is InChI=1S/C13H18N2O2S/c1-10-5-6-12(7-11(10)2)18(16,17)15-9-13(3,4)8-14/h5-7,15H,9H2,1-4H3. The molecular formula is C13H18N2O2S. The maximum atomic E-state index is 12.0. The van der Waals surface area contributed by atoms with E-state index >= 15 is 0 Å². The molecule has 98 valence electrons. The summed E-state index contributed by atoms with van der Waals surface area (Å²) in [5.74, 6) is 0. The van der Waals surface area contributed by atoms with E-state index in [1.54, 1.807) is 32.0 Å². The highest BCUT2D eigenvalue weighted by Gasteiger charge is 2.22. The van der Waals surface area contributed by atoms with Crippen molar-refractivity contribution in [2.75, 3.05) is 6.54 Å². The van der Waals surface area contributed by atoms with Crippen LogP contribution in [0.3, 0.4) is 0 Å². The van der Waals surface area contributed by atoms with Crippen molar-refractivity contribution in [2.24, 2.45) is 5.41 Å². The van der Waals surface area contributed by atoms with Crippen LogP contribution in [0.5, 0.6) is 0 Å². The zero-order chi connectivity index (χ0) is 14.0. The van der Waals surface area contributed by atoms with Crippen molar-refractivity contribution in [2.45, 2.75) is 32.6 Å². The second-order valence-electron chi connectivity index (χ2n) is 5.07. The summed E-state index contributed by atoms with van der Waals surface area (Å²) >= 11 is 0. The normalized spacial score (nSPS) is 12.2. The molecule has 0 heterocycles.